The minimum Gasteiger partial charge on any atom is -0.481 e. The van der Waals surface area contributed by atoms with Gasteiger partial charge in [0.1, 0.15) is 0 Å². The molecule has 1 rings (SSSR count). The number of carboxylic acids is 1. The SMILES string of the molecule is CONC(=CCC(=O)O)c1cccnc1. The molecule has 0 aromatic carbocycles. The van der Waals surface area contributed by atoms with Crippen molar-refractivity contribution in [1.29, 1.82) is 0 Å². The third-order valence-corrected chi connectivity index (χ3v) is 1.67. The maximum absolute atomic E-state index is 10.4. The molecule has 0 unspecified atom stereocenters. The third kappa shape index (κ3) is 3.78. The van der Waals surface area contributed by atoms with Gasteiger partial charge in [0, 0.05) is 18.0 Å². The maximum Gasteiger partial charge on any atom is 0.307 e. The number of hydroxylamine groups is 1. The van der Waals surface area contributed by atoms with Gasteiger partial charge in [0.25, 0.3) is 0 Å². The van der Waals surface area contributed by atoms with Crippen LogP contribution in [0.15, 0.2) is 30.6 Å². The van der Waals surface area contributed by atoms with Crippen LogP contribution in [0, 0.1) is 0 Å². The molecule has 0 bridgehead atoms. The summed E-state index contributed by atoms with van der Waals surface area (Å²) in [4.78, 5) is 19.1. The van der Waals surface area contributed by atoms with Crippen molar-refractivity contribution in [1.82, 2.24) is 10.5 Å². The summed E-state index contributed by atoms with van der Waals surface area (Å²) in [5.74, 6) is -0.894. The van der Waals surface area contributed by atoms with Crippen LogP contribution in [0.3, 0.4) is 0 Å². The van der Waals surface area contributed by atoms with Crippen molar-refractivity contribution >= 4 is 11.7 Å². The van der Waals surface area contributed by atoms with E-state index in [1.807, 2.05) is 6.07 Å². The highest BCUT2D eigenvalue weighted by molar-refractivity contribution is 5.73. The van der Waals surface area contributed by atoms with Gasteiger partial charge in [-0.1, -0.05) is 0 Å². The molecule has 5 heteroatoms. The average molecular weight is 208 g/mol. The van der Waals surface area contributed by atoms with Gasteiger partial charge >= 0.3 is 5.97 Å². The van der Waals surface area contributed by atoms with Gasteiger partial charge in [-0.3, -0.25) is 20.1 Å². The molecule has 0 spiro atoms. The number of hydrogen-bond acceptors (Lipinski definition) is 4. The number of carbonyl (C=O) groups is 1. The number of aromatic nitrogens is 1. The van der Waals surface area contributed by atoms with Crippen LogP contribution >= 0.6 is 0 Å². The number of aliphatic carboxylic acids is 1. The van der Waals surface area contributed by atoms with Crippen molar-refractivity contribution in [3.05, 3.63) is 36.2 Å². The summed E-state index contributed by atoms with van der Waals surface area (Å²) in [6, 6.07) is 3.58. The van der Waals surface area contributed by atoms with E-state index in [-0.39, 0.29) is 6.42 Å². The highest BCUT2D eigenvalue weighted by Crippen LogP contribution is 2.10. The molecular formula is C10H12N2O3. The number of nitrogens with one attached hydrogen (secondary N) is 1. The van der Waals surface area contributed by atoms with Crippen LogP contribution in [-0.2, 0) is 9.63 Å². The second kappa shape index (κ2) is 5.77. The summed E-state index contributed by atoms with van der Waals surface area (Å²) in [5, 5.41) is 8.55. The number of pyridine rings is 1. The van der Waals surface area contributed by atoms with E-state index in [2.05, 4.69) is 10.5 Å². The molecule has 5 nitrogen and oxygen atoms in total. The van der Waals surface area contributed by atoms with E-state index in [4.69, 9.17) is 9.94 Å². The van der Waals surface area contributed by atoms with Gasteiger partial charge in [-0.25, -0.2) is 0 Å². The van der Waals surface area contributed by atoms with Crippen molar-refractivity contribution in [3.8, 4) is 0 Å². The predicted octanol–water partition coefficient (Wildman–Crippen LogP) is 1.05. The van der Waals surface area contributed by atoms with Crippen LogP contribution in [0.25, 0.3) is 5.70 Å². The van der Waals surface area contributed by atoms with Crippen molar-refractivity contribution in [2.24, 2.45) is 0 Å². The van der Waals surface area contributed by atoms with Gasteiger partial charge in [-0.2, -0.15) is 0 Å². The quantitative estimate of drug-likeness (QED) is 0.707. The average Bonchev–Trinajstić information content (AvgIpc) is 2.25. The maximum atomic E-state index is 10.4. The first-order chi connectivity index (χ1) is 7.24. The van der Waals surface area contributed by atoms with Crippen LogP contribution < -0.4 is 5.48 Å². The van der Waals surface area contributed by atoms with Gasteiger partial charge < -0.3 is 5.11 Å². The van der Waals surface area contributed by atoms with Crippen LogP contribution in [-0.4, -0.2) is 23.2 Å². The fourth-order valence-electron chi connectivity index (χ4n) is 1.04. The van der Waals surface area contributed by atoms with Crippen LogP contribution in [0.5, 0.6) is 0 Å². The van der Waals surface area contributed by atoms with E-state index in [9.17, 15) is 4.79 Å². The molecule has 0 aliphatic heterocycles. The molecule has 0 fully saturated rings. The van der Waals surface area contributed by atoms with Gasteiger partial charge in [0.2, 0.25) is 0 Å². The molecule has 0 radical (unpaired) electrons. The lowest BCUT2D eigenvalue weighted by Crippen LogP contribution is -2.10. The molecule has 80 valence electrons. The number of hydrogen-bond donors (Lipinski definition) is 2. The molecule has 1 heterocycles. The Kier molecular flexibility index (Phi) is 4.30. The Labute approximate surface area is 87.4 Å². The zero-order valence-corrected chi connectivity index (χ0v) is 8.30. The summed E-state index contributed by atoms with van der Waals surface area (Å²) in [6.07, 6.45) is 4.73. The molecule has 1 aromatic rings. The second-order valence-corrected chi connectivity index (χ2v) is 2.76. The van der Waals surface area contributed by atoms with Crippen molar-refractivity contribution < 1.29 is 14.7 Å². The third-order valence-electron chi connectivity index (χ3n) is 1.67. The summed E-state index contributed by atoms with van der Waals surface area (Å²) < 4.78 is 0. The van der Waals surface area contributed by atoms with E-state index >= 15 is 0 Å². The number of rotatable bonds is 5. The van der Waals surface area contributed by atoms with Crippen LogP contribution in [0.1, 0.15) is 12.0 Å². The first kappa shape index (κ1) is 11.2. The van der Waals surface area contributed by atoms with Gasteiger partial charge in [-0.15, -0.1) is 0 Å². The summed E-state index contributed by atoms with van der Waals surface area (Å²) in [7, 11) is 1.46. The highest BCUT2D eigenvalue weighted by atomic mass is 16.6. The van der Waals surface area contributed by atoms with E-state index in [1.54, 1.807) is 18.5 Å². The molecule has 0 aliphatic carbocycles. The fourth-order valence-corrected chi connectivity index (χ4v) is 1.04. The lowest BCUT2D eigenvalue weighted by molar-refractivity contribution is -0.136. The standard InChI is InChI=1S/C10H12N2O3/c1-15-12-9(4-5-10(13)14)8-3-2-6-11-7-8/h2-4,6-7,12H,5H2,1H3,(H,13,14). The molecular weight excluding hydrogens is 196 g/mol. The Hall–Kier alpha value is -1.88. The van der Waals surface area contributed by atoms with E-state index < -0.39 is 5.97 Å². The number of nitrogens with zero attached hydrogens (tertiary/aromatic N) is 1. The molecule has 15 heavy (non-hydrogen) atoms. The molecule has 0 amide bonds. The predicted molar refractivity (Wildman–Crippen MR) is 54.6 cm³/mol. The normalized spacial score (nSPS) is 11.1. The Bertz CT molecular complexity index is 349. The Morgan fingerprint density at radius 3 is 3.07 bits per heavy atom. The van der Waals surface area contributed by atoms with E-state index in [0.717, 1.165) is 5.56 Å². The minimum atomic E-state index is -0.894. The van der Waals surface area contributed by atoms with Crippen molar-refractivity contribution in [3.63, 3.8) is 0 Å². The minimum absolute atomic E-state index is 0.0689. The zero-order chi connectivity index (χ0) is 11.1. The first-order valence-corrected chi connectivity index (χ1v) is 4.35. The summed E-state index contributed by atoms with van der Waals surface area (Å²) in [6.45, 7) is 0. The Morgan fingerprint density at radius 1 is 1.73 bits per heavy atom. The first-order valence-electron chi connectivity index (χ1n) is 4.35. The topological polar surface area (TPSA) is 71.5 Å². The molecule has 0 saturated carbocycles. The highest BCUT2D eigenvalue weighted by Gasteiger charge is 2.01. The Morgan fingerprint density at radius 2 is 2.53 bits per heavy atom. The van der Waals surface area contributed by atoms with E-state index in [0.29, 0.717) is 5.70 Å². The zero-order valence-electron chi connectivity index (χ0n) is 8.30. The molecule has 1 aromatic heterocycles. The lowest BCUT2D eigenvalue weighted by atomic mass is 10.2. The van der Waals surface area contributed by atoms with Crippen molar-refractivity contribution in [2.75, 3.05) is 7.11 Å². The molecule has 2 N–H and O–H groups in total. The molecule has 0 saturated heterocycles. The number of carboxylic acid groups (broad SMARTS) is 1. The lowest BCUT2D eigenvalue weighted by Gasteiger charge is -2.07. The van der Waals surface area contributed by atoms with Crippen LogP contribution in [0.4, 0.5) is 0 Å². The largest absolute Gasteiger partial charge is 0.481 e. The summed E-state index contributed by atoms with van der Waals surface area (Å²) >= 11 is 0. The van der Waals surface area contributed by atoms with Gasteiger partial charge in [0.15, 0.2) is 0 Å². The van der Waals surface area contributed by atoms with Gasteiger partial charge in [0.05, 0.1) is 19.2 Å². The fraction of sp³-hybridized carbons (Fsp3) is 0.200. The van der Waals surface area contributed by atoms with E-state index in [1.165, 1.54) is 13.2 Å². The van der Waals surface area contributed by atoms with Crippen LogP contribution in [0.2, 0.25) is 0 Å². The summed E-state index contributed by atoms with van der Waals surface area (Å²) in [5.41, 5.74) is 3.98. The molecule has 0 atom stereocenters. The molecule has 0 aliphatic rings. The second-order valence-electron chi connectivity index (χ2n) is 2.76. The smallest absolute Gasteiger partial charge is 0.307 e. The Balaban J connectivity index is 2.83. The monoisotopic (exact) mass is 208 g/mol. The van der Waals surface area contributed by atoms with Gasteiger partial charge in [-0.05, 0) is 18.2 Å². The van der Waals surface area contributed by atoms with Crippen molar-refractivity contribution in [2.45, 2.75) is 6.42 Å².